The van der Waals surface area contributed by atoms with E-state index in [1.165, 1.54) is 17.4 Å². The van der Waals surface area contributed by atoms with Crippen LogP contribution in [0.25, 0.3) is 9.40 Å². The van der Waals surface area contributed by atoms with Crippen molar-refractivity contribution in [3.05, 3.63) is 56.5 Å². The molecule has 0 fully saturated rings. The Kier molecular flexibility index (Phi) is 3.35. The highest BCUT2D eigenvalue weighted by atomic mass is 35.5. The Balaban J connectivity index is 2.06. The van der Waals surface area contributed by atoms with E-state index in [1.807, 2.05) is 17.5 Å². The molecule has 0 aliphatic rings. The lowest BCUT2D eigenvalue weighted by Gasteiger charge is -2.12. The monoisotopic (exact) mass is 312 g/mol. The maximum absolute atomic E-state index is 13.4. The first-order valence-electron chi connectivity index (χ1n) is 5.67. The molecule has 1 nitrogen and oxygen atoms in total. The van der Waals surface area contributed by atoms with E-state index in [0.29, 0.717) is 11.1 Å². The predicted octanol–water partition coefficient (Wildman–Crippen LogP) is 5.15. The molecule has 3 rings (SSSR count). The first kappa shape index (κ1) is 13.1. The standard InChI is InChI=1S/C14H10ClFOS2/c1-7-4-8(9(15)5-10(7)16)14(17)13-6-12-11(19-13)2-3-18-12/h2-6,14,17H,1H3. The summed E-state index contributed by atoms with van der Waals surface area (Å²) in [5.41, 5.74) is 1.03. The molecule has 0 aliphatic heterocycles. The van der Waals surface area contributed by atoms with Crippen LogP contribution in [0.3, 0.4) is 0 Å². The van der Waals surface area contributed by atoms with Crippen LogP contribution in [0.15, 0.2) is 29.6 Å². The van der Waals surface area contributed by atoms with E-state index < -0.39 is 6.10 Å². The maximum atomic E-state index is 13.4. The van der Waals surface area contributed by atoms with Crippen molar-refractivity contribution < 1.29 is 9.50 Å². The van der Waals surface area contributed by atoms with Gasteiger partial charge in [0.2, 0.25) is 0 Å². The molecular formula is C14H10ClFOS2. The van der Waals surface area contributed by atoms with E-state index in [2.05, 4.69) is 0 Å². The minimum Gasteiger partial charge on any atom is -0.383 e. The second kappa shape index (κ2) is 4.87. The summed E-state index contributed by atoms with van der Waals surface area (Å²) in [5, 5.41) is 12.7. The molecule has 2 heterocycles. The molecule has 0 aliphatic carbocycles. The van der Waals surface area contributed by atoms with Crippen molar-refractivity contribution in [1.82, 2.24) is 0 Å². The predicted molar refractivity (Wildman–Crippen MR) is 79.9 cm³/mol. The summed E-state index contributed by atoms with van der Waals surface area (Å²) >= 11 is 9.20. The molecule has 0 bridgehead atoms. The molecule has 3 aromatic rings. The van der Waals surface area contributed by atoms with Crippen LogP contribution >= 0.6 is 34.3 Å². The molecule has 0 radical (unpaired) electrons. The highest BCUT2D eigenvalue weighted by Crippen LogP contribution is 2.38. The average molecular weight is 313 g/mol. The smallest absolute Gasteiger partial charge is 0.127 e. The van der Waals surface area contributed by atoms with Crippen molar-refractivity contribution in [3.63, 3.8) is 0 Å². The summed E-state index contributed by atoms with van der Waals surface area (Å²) in [4.78, 5) is 0.828. The van der Waals surface area contributed by atoms with Gasteiger partial charge in [0, 0.05) is 24.9 Å². The number of hydrogen-bond donors (Lipinski definition) is 1. The van der Waals surface area contributed by atoms with Gasteiger partial charge in [0.05, 0.1) is 0 Å². The van der Waals surface area contributed by atoms with Crippen LogP contribution in [-0.4, -0.2) is 5.11 Å². The summed E-state index contributed by atoms with van der Waals surface area (Å²) in [7, 11) is 0. The Morgan fingerprint density at radius 2 is 2.05 bits per heavy atom. The van der Waals surface area contributed by atoms with Gasteiger partial charge in [-0.05, 0) is 42.1 Å². The first-order valence-corrected chi connectivity index (χ1v) is 7.74. The Morgan fingerprint density at radius 1 is 1.26 bits per heavy atom. The van der Waals surface area contributed by atoms with Crippen LogP contribution in [0.1, 0.15) is 22.1 Å². The van der Waals surface area contributed by atoms with Crippen molar-refractivity contribution in [1.29, 1.82) is 0 Å². The number of hydrogen-bond acceptors (Lipinski definition) is 3. The summed E-state index contributed by atoms with van der Waals surface area (Å²) < 4.78 is 15.7. The lowest BCUT2D eigenvalue weighted by Crippen LogP contribution is -2.00. The summed E-state index contributed by atoms with van der Waals surface area (Å²) in [6.07, 6.45) is -0.809. The molecule has 0 amide bonds. The van der Waals surface area contributed by atoms with E-state index >= 15 is 0 Å². The van der Waals surface area contributed by atoms with Crippen LogP contribution in [0.2, 0.25) is 5.02 Å². The van der Waals surface area contributed by atoms with Crippen LogP contribution in [-0.2, 0) is 0 Å². The fraction of sp³-hybridized carbons (Fsp3) is 0.143. The minimum atomic E-state index is -0.809. The number of aryl methyl sites for hydroxylation is 1. The number of halogens is 2. The lowest BCUT2D eigenvalue weighted by atomic mass is 10.0. The van der Waals surface area contributed by atoms with Crippen molar-refractivity contribution in [2.45, 2.75) is 13.0 Å². The Morgan fingerprint density at radius 3 is 2.79 bits per heavy atom. The molecule has 1 N–H and O–H groups in total. The lowest BCUT2D eigenvalue weighted by molar-refractivity contribution is 0.224. The minimum absolute atomic E-state index is 0.257. The number of aliphatic hydroxyl groups is 1. The molecule has 1 aromatic carbocycles. The van der Waals surface area contributed by atoms with Crippen molar-refractivity contribution in [3.8, 4) is 0 Å². The molecule has 0 saturated carbocycles. The van der Waals surface area contributed by atoms with Gasteiger partial charge in [-0.1, -0.05) is 11.6 Å². The zero-order valence-electron chi connectivity index (χ0n) is 9.98. The highest BCUT2D eigenvalue weighted by molar-refractivity contribution is 7.26. The third kappa shape index (κ3) is 2.30. The van der Waals surface area contributed by atoms with Gasteiger partial charge in [-0.15, -0.1) is 22.7 Å². The van der Waals surface area contributed by atoms with Gasteiger partial charge in [-0.25, -0.2) is 4.39 Å². The van der Waals surface area contributed by atoms with E-state index in [0.717, 1.165) is 14.3 Å². The van der Waals surface area contributed by atoms with E-state index in [9.17, 15) is 9.50 Å². The second-order valence-electron chi connectivity index (χ2n) is 4.32. The zero-order chi connectivity index (χ0) is 13.6. The molecule has 1 unspecified atom stereocenters. The van der Waals surface area contributed by atoms with Crippen molar-refractivity contribution in [2.24, 2.45) is 0 Å². The third-order valence-electron chi connectivity index (χ3n) is 3.00. The van der Waals surface area contributed by atoms with Crippen molar-refractivity contribution >= 4 is 43.7 Å². The topological polar surface area (TPSA) is 20.2 Å². The highest BCUT2D eigenvalue weighted by Gasteiger charge is 2.18. The fourth-order valence-corrected chi connectivity index (χ4v) is 4.34. The van der Waals surface area contributed by atoms with Crippen molar-refractivity contribution in [2.75, 3.05) is 0 Å². The van der Waals surface area contributed by atoms with E-state index in [4.69, 9.17) is 11.6 Å². The third-order valence-corrected chi connectivity index (χ3v) is 5.47. The molecule has 98 valence electrons. The molecule has 1 atom stereocenters. The van der Waals surface area contributed by atoms with E-state index in [-0.39, 0.29) is 10.8 Å². The number of rotatable bonds is 2. The second-order valence-corrected chi connectivity index (χ2v) is 6.79. The normalized spacial score (nSPS) is 13.1. The van der Waals surface area contributed by atoms with Crippen LogP contribution in [0, 0.1) is 12.7 Å². The van der Waals surface area contributed by atoms with Gasteiger partial charge >= 0.3 is 0 Å². The average Bonchev–Trinajstić information content (AvgIpc) is 2.93. The van der Waals surface area contributed by atoms with Crippen LogP contribution in [0.4, 0.5) is 4.39 Å². The quantitative estimate of drug-likeness (QED) is 0.694. The number of thiophene rings is 2. The molecule has 2 aromatic heterocycles. The molecule has 19 heavy (non-hydrogen) atoms. The van der Waals surface area contributed by atoms with Gasteiger partial charge in [-0.2, -0.15) is 0 Å². The number of fused-ring (bicyclic) bond motifs is 1. The zero-order valence-corrected chi connectivity index (χ0v) is 12.4. The molecule has 5 heteroatoms. The Bertz CT molecular complexity index is 719. The molecule has 0 spiro atoms. The molecular weight excluding hydrogens is 303 g/mol. The Labute approximate surface area is 122 Å². The number of aliphatic hydroxyl groups excluding tert-OH is 1. The van der Waals surface area contributed by atoms with Crippen LogP contribution < -0.4 is 0 Å². The summed E-state index contributed by atoms with van der Waals surface area (Å²) in [5.74, 6) is -0.354. The number of benzene rings is 1. The van der Waals surface area contributed by atoms with E-state index in [1.54, 1.807) is 24.3 Å². The first-order chi connectivity index (χ1) is 9.06. The van der Waals surface area contributed by atoms with Crippen LogP contribution in [0.5, 0.6) is 0 Å². The largest absolute Gasteiger partial charge is 0.383 e. The summed E-state index contributed by atoms with van der Waals surface area (Å²) in [6.45, 7) is 1.66. The SMILES string of the molecule is Cc1cc(C(O)c2cc3sccc3s2)c(Cl)cc1F. The van der Waals surface area contributed by atoms with Gasteiger partial charge in [0.15, 0.2) is 0 Å². The van der Waals surface area contributed by atoms with Gasteiger partial charge < -0.3 is 5.11 Å². The fourth-order valence-electron chi connectivity index (χ4n) is 1.96. The Hall–Kier alpha value is -0.940. The van der Waals surface area contributed by atoms with Gasteiger partial charge in [-0.3, -0.25) is 0 Å². The maximum Gasteiger partial charge on any atom is 0.127 e. The summed E-state index contributed by atoms with van der Waals surface area (Å²) in [6, 6.07) is 6.85. The van der Waals surface area contributed by atoms with Gasteiger partial charge in [0.25, 0.3) is 0 Å². The molecule has 0 saturated heterocycles. The van der Waals surface area contributed by atoms with Gasteiger partial charge in [0.1, 0.15) is 11.9 Å².